The molecule has 21 heavy (non-hydrogen) atoms. The zero-order chi connectivity index (χ0) is 16.0. The third kappa shape index (κ3) is 4.65. The normalized spacial score (nSPS) is 11.6. The van der Waals surface area contributed by atoms with Crippen LogP contribution in [0.2, 0.25) is 10.0 Å². The number of aliphatic carboxylic acids is 1. The lowest BCUT2D eigenvalue weighted by Crippen LogP contribution is -2.39. The summed E-state index contributed by atoms with van der Waals surface area (Å²) in [5.74, 6) is -1.20. The van der Waals surface area contributed by atoms with Gasteiger partial charge in [0.15, 0.2) is 6.04 Å². The highest BCUT2D eigenvalue weighted by Gasteiger charge is 2.31. The monoisotopic (exact) mass is 331 g/mol. The maximum Gasteiger partial charge on any atom is 0.411 e. The molecule has 1 unspecified atom stereocenters. The van der Waals surface area contributed by atoms with E-state index in [2.05, 4.69) is 6.58 Å². The number of carbonyl (C=O) groups excluding carboxylic acids is 1. The topological polar surface area (TPSA) is 66.8 Å². The highest BCUT2D eigenvalue weighted by atomic mass is 35.5. The average Bonchev–Trinajstić information content (AvgIpc) is 2.40. The zero-order valence-corrected chi connectivity index (χ0v) is 12.9. The van der Waals surface area contributed by atoms with E-state index in [9.17, 15) is 14.7 Å². The van der Waals surface area contributed by atoms with Gasteiger partial charge in [0.1, 0.15) is 6.61 Å². The quantitative estimate of drug-likeness (QED) is 0.806. The lowest BCUT2D eigenvalue weighted by molar-refractivity contribution is -0.143. The van der Waals surface area contributed by atoms with Crippen LogP contribution in [0.1, 0.15) is 18.5 Å². The SMILES string of the molecule is C=CCOC(=O)N(CC)C(C(=O)O)c1cc(Cl)cc(Cl)c1. The van der Waals surface area contributed by atoms with Gasteiger partial charge >= 0.3 is 12.1 Å². The molecule has 0 aromatic heterocycles. The third-order valence-electron chi connectivity index (χ3n) is 2.65. The summed E-state index contributed by atoms with van der Waals surface area (Å²) < 4.78 is 4.90. The second-order valence-corrected chi connectivity index (χ2v) is 4.97. The van der Waals surface area contributed by atoms with E-state index in [-0.39, 0.29) is 13.2 Å². The van der Waals surface area contributed by atoms with Crippen molar-refractivity contribution in [3.05, 3.63) is 46.5 Å². The first-order chi connectivity index (χ1) is 9.90. The molecule has 1 atom stereocenters. The first-order valence-corrected chi connectivity index (χ1v) is 6.89. The Balaban J connectivity index is 3.16. The molecule has 7 heteroatoms. The molecule has 0 saturated carbocycles. The Morgan fingerprint density at radius 2 is 1.95 bits per heavy atom. The Hall–Kier alpha value is -1.72. The van der Waals surface area contributed by atoms with E-state index in [1.54, 1.807) is 6.92 Å². The molecule has 0 bridgehead atoms. The van der Waals surface area contributed by atoms with Gasteiger partial charge < -0.3 is 9.84 Å². The Kier molecular flexibility index (Phi) is 6.52. The Labute approximate surface area is 132 Å². The number of nitrogens with zero attached hydrogens (tertiary/aromatic N) is 1. The number of rotatable bonds is 6. The van der Waals surface area contributed by atoms with Gasteiger partial charge in [0.2, 0.25) is 0 Å². The smallest absolute Gasteiger partial charge is 0.411 e. The largest absolute Gasteiger partial charge is 0.479 e. The van der Waals surface area contributed by atoms with E-state index in [0.717, 1.165) is 4.90 Å². The summed E-state index contributed by atoms with van der Waals surface area (Å²) in [6, 6.07) is 3.16. The minimum absolute atomic E-state index is 0.00201. The van der Waals surface area contributed by atoms with Crippen molar-refractivity contribution in [3.8, 4) is 0 Å². The number of amides is 1. The number of carbonyl (C=O) groups is 2. The number of ether oxygens (including phenoxy) is 1. The molecule has 0 saturated heterocycles. The molecular weight excluding hydrogens is 317 g/mol. The molecule has 1 aromatic rings. The fourth-order valence-corrected chi connectivity index (χ4v) is 2.36. The van der Waals surface area contributed by atoms with Crippen LogP contribution in [-0.2, 0) is 9.53 Å². The predicted molar refractivity (Wildman–Crippen MR) is 80.8 cm³/mol. The molecule has 1 rings (SSSR count). The van der Waals surface area contributed by atoms with Crippen LogP contribution in [0.15, 0.2) is 30.9 Å². The van der Waals surface area contributed by atoms with Gasteiger partial charge in [0.25, 0.3) is 0 Å². The number of likely N-dealkylation sites (N-methyl/N-ethyl adjacent to an activating group) is 1. The van der Waals surface area contributed by atoms with E-state index in [1.807, 2.05) is 0 Å². The highest BCUT2D eigenvalue weighted by Crippen LogP contribution is 2.28. The Morgan fingerprint density at radius 1 is 1.38 bits per heavy atom. The van der Waals surface area contributed by atoms with Crippen molar-refractivity contribution >= 4 is 35.3 Å². The molecule has 1 N–H and O–H groups in total. The second kappa shape index (κ2) is 7.90. The fraction of sp³-hybridized carbons (Fsp3) is 0.286. The van der Waals surface area contributed by atoms with E-state index < -0.39 is 18.1 Å². The van der Waals surface area contributed by atoms with Crippen LogP contribution in [0.25, 0.3) is 0 Å². The van der Waals surface area contributed by atoms with Crippen LogP contribution in [0, 0.1) is 0 Å². The van der Waals surface area contributed by atoms with Crippen molar-refractivity contribution in [2.75, 3.05) is 13.2 Å². The number of carboxylic acid groups (broad SMARTS) is 1. The number of hydrogen-bond acceptors (Lipinski definition) is 3. The first-order valence-electron chi connectivity index (χ1n) is 6.13. The van der Waals surface area contributed by atoms with Crippen LogP contribution in [0.5, 0.6) is 0 Å². The number of hydrogen-bond donors (Lipinski definition) is 1. The molecule has 0 heterocycles. The van der Waals surface area contributed by atoms with Crippen molar-refractivity contribution in [2.45, 2.75) is 13.0 Å². The molecule has 0 radical (unpaired) electrons. The van der Waals surface area contributed by atoms with Gasteiger partial charge in [-0.2, -0.15) is 0 Å². The summed E-state index contributed by atoms with van der Waals surface area (Å²) >= 11 is 11.8. The van der Waals surface area contributed by atoms with Crippen LogP contribution in [0.4, 0.5) is 4.79 Å². The highest BCUT2D eigenvalue weighted by molar-refractivity contribution is 6.34. The summed E-state index contributed by atoms with van der Waals surface area (Å²) in [6.07, 6.45) is 0.651. The molecule has 0 aliphatic heterocycles. The summed E-state index contributed by atoms with van der Waals surface area (Å²) in [4.78, 5) is 24.6. The second-order valence-electron chi connectivity index (χ2n) is 4.10. The van der Waals surface area contributed by atoms with E-state index in [1.165, 1.54) is 24.3 Å². The molecule has 0 aliphatic rings. The predicted octanol–water partition coefficient (Wildman–Crippen LogP) is 3.76. The summed E-state index contributed by atoms with van der Waals surface area (Å²) in [7, 11) is 0. The molecule has 0 aliphatic carbocycles. The van der Waals surface area contributed by atoms with Gasteiger partial charge in [-0.1, -0.05) is 35.9 Å². The van der Waals surface area contributed by atoms with Crippen molar-refractivity contribution in [1.82, 2.24) is 4.90 Å². The van der Waals surface area contributed by atoms with Gasteiger partial charge in [-0.3, -0.25) is 4.90 Å². The maximum atomic E-state index is 11.9. The number of halogens is 2. The molecule has 0 fully saturated rings. The van der Waals surface area contributed by atoms with Crippen molar-refractivity contribution in [1.29, 1.82) is 0 Å². The summed E-state index contributed by atoms with van der Waals surface area (Å²) in [5, 5.41) is 10.0. The van der Waals surface area contributed by atoms with Crippen LogP contribution >= 0.6 is 23.2 Å². The molecule has 114 valence electrons. The van der Waals surface area contributed by atoms with Gasteiger partial charge in [-0.15, -0.1) is 0 Å². The minimum Gasteiger partial charge on any atom is -0.479 e. The van der Waals surface area contributed by atoms with Gasteiger partial charge in [-0.25, -0.2) is 9.59 Å². The van der Waals surface area contributed by atoms with Crippen LogP contribution < -0.4 is 0 Å². The Morgan fingerprint density at radius 3 is 2.38 bits per heavy atom. The van der Waals surface area contributed by atoms with E-state index >= 15 is 0 Å². The molecular formula is C14H15Cl2NO4. The minimum atomic E-state index is -1.23. The van der Waals surface area contributed by atoms with E-state index in [0.29, 0.717) is 15.6 Å². The lowest BCUT2D eigenvalue weighted by atomic mass is 10.1. The van der Waals surface area contributed by atoms with Gasteiger partial charge in [-0.05, 0) is 30.7 Å². The van der Waals surface area contributed by atoms with Gasteiger partial charge in [0.05, 0.1) is 0 Å². The molecule has 1 aromatic carbocycles. The van der Waals surface area contributed by atoms with Crippen molar-refractivity contribution in [3.63, 3.8) is 0 Å². The summed E-state index contributed by atoms with van der Waals surface area (Å²) in [5.41, 5.74) is 0.303. The average molecular weight is 332 g/mol. The lowest BCUT2D eigenvalue weighted by Gasteiger charge is -2.27. The first kappa shape index (κ1) is 17.3. The molecule has 1 amide bonds. The molecule has 0 spiro atoms. The van der Waals surface area contributed by atoms with Gasteiger partial charge in [0, 0.05) is 16.6 Å². The fourth-order valence-electron chi connectivity index (χ4n) is 1.82. The molecule has 5 nitrogen and oxygen atoms in total. The Bertz CT molecular complexity index is 528. The van der Waals surface area contributed by atoms with Crippen LogP contribution in [0.3, 0.4) is 0 Å². The van der Waals surface area contributed by atoms with E-state index in [4.69, 9.17) is 27.9 Å². The number of benzene rings is 1. The van der Waals surface area contributed by atoms with Crippen molar-refractivity contribution < 1.29 is 19.4 Å². The van der Waals surface area contributed by atoms with Crippen molar-refractivity contribution in [2.24, 2.45) is 0 Å². The number of carboxylic acids is 1. The zero-order valence-electron chi connectivity index (χ0n) is 11.4. The van der Waals surface area contributed by atoms with Crippen LogP contribution in [-0.4, -0.2) is 35.2 Å². The standard InChI is InChI=1S/C14H15Cl2NO4/c1-3-5-21-14(20)17(4-2)12(13(18)19)9-6-10(15)8-11(16)7-9/h3,6-8,12H,1,4-5H2,2H3,(H,18,19). The summed E-state index contributed by atoms with van der Waals surface area (Å²) in [6.45, 7) is 5.23. The maximum absolute atomic E-state index is 11.9. The third-order valence-corrected chi connectivity index (χ3v) is 3.08.